The minimum atomic E-state index is 0.814. The van der Waals surface area contributed by atoms with E-state index < -0.39 is 0 Å². The van der Waals surface area contributed by atoms with Gasteiger partial charge in [0, 0.05) is 0 Å². The summed E-state index contributed by atoms with van der Waals surface area (Å²) in [6.07, 6.45) is 3.53. The van der Waals surface area contributed by atoms with Gasteiger partial charge in [-0.15, -0.1) is 0 Å². The van der Waals surface area contributed by atoms with E-state index in [4.69, 9.17) is 9.47 Å². The molecule has 0 fully saturated rings. The van der Waals surface area contributed by atoms with Crippen LogP contribution in [0.5, 0.6) is 11.5 Å². The molecule has 0 aliphatic carbocycles. The molecule has 0 heterocycles. The van der Waals surface area contributed by atoms with Gasteiger partial charge >= 0.3 is 0 Å². The summed E-state index contributed by atoms with van der Waals surface area (Å²) in [5.41, 5.74) is 1.04. The van der Waals surface area contributed by atoms with Crippen molar-refractivity contribution in [3.8, 4) is 11.5 Å². The summed E-state index contributed by atoms with van der Waals surface area (Å²) < 4.78 is 10.6. The summed E-state index contributed by atoms with van der Waals surface area (Å²) in [5, 5.41) is 0. The van der Waals surface area contributed by atoms with E-state index >= 15 is 0 Å². The number of hydrogen-bond acceptors (Lipinski definition) is 2. The number of ether oxygens (including phenoxy) is 2. The maximum atomic E-state index is 5.72. The first-order valence-corrected chi connectivity index (χ1v) is 5.41. The van der Waals surface area contributed by atoms with Crippen molar-refractivity contribution < 1.29 is 9.47 Å². The van der Waals surface area contributed by atoms with Crippen LogP contribution in [0.4, 0.5) is 0 Å². The van der Waals surface area contributed by atoms with E-state index in [9.17, 15) is 0 Å². The molecule has 0 spiro atoms. The lowest BCUT2D eigenvalue weighted by atomic mass is 10.2. The average molecular weight is 226 g/mol. The van der Waals surface area contributed by atoms with Gasteiger partial charge in [-0.1, -0.05) is 30.3 Å². The van der Waals surface area contributed by atoms with Crippen LogP contribution in [0.2, 0.25) is 0 Å². The van der Waals surface area contributed by atoms with Crippen LogP contribution in [-0.4, -0.2) is 7.11 Å². The van der Waals surface area contributed by atoms with Crippen LogP contribution >= 0.6 is 0 Å². The van der Waals surface area contributed by atoms with Gasteiger partial charge in [-0.2, -0.15) is 0 Å². The zero-order valence-electron chi connectivity index (χ0n) is 9.67. The first kappa shape index (κ1) is 11.3. The van der Waals surface area contributed by atoms with Gasteiger partial charge in [0.2, 0.25) is 0 Å². The summed E-state index contributed by atoms with van der Waals surface area (Å²) in [5.74, 6) is 1.65. The second kappa shape index (κ2) is 5.75. The third-order valence-corrected chi connectivity index (χ3v) is 2.23. The second-order valence-electron chi connectivity index (χ2n) is 3.53. The summed E-state index contributed by atoms with van der Waals surface area (Å²) in [6.45, 7) is 0. The van der Waals surface area contributed by atoms with Crippen molar-refractivity contribution in [1.82, 2.24) is 0 Å². The molecule has 0 aliphatic heterocycles. The molecule has 86 valence electrons. The molecule has 0 radical (unpaired) electrons. The van der Waals surface area contributed by atoms with Gasteiger partial charge in [-0.3, -0.25) is 0 Å². The van der Waals surface area contributed by atoms with Crippen molar-refractivity contribution in [2.24, 2.45) is 0 Å². The lowest BCUT2D eigenvalue weighted by molar-refractivity contribution is 0.341. The minimum absolute atomic E-state index is 0.814. The quantitative estimate of drug-likeness (QED) is 0.731. The Morgan fingerprint density at radius 1 is 0.882 bits per heavy atom. The van der Waals surface area contributed by atoms with Crippen molar-refractivity contribution in [3.63, 3.8) is 0 Å². The van der Waals surface area contributed by atoms with Crippen LogP contribution in [0.1, 0.15) is 5.56 Å². The Hall–Kier alpha value is -2.22. The molecule has 0 atom stereocenters. The Morgan fingerprint density at radius 3 is 2.41 bits per heavy atom. The van der Waals surface area contributed by atoms with E-state index in [1.54, 1.807) is 13.4 Å². The molecule has 2 rings (SSSR count). The number of para-hydroxylation sites is 1. The summed E-state index contributed by atoms with van der Waals surface area (Å²) in [4.78, 5) is 0. The molecule has 2 nitrogen and oxygen atoms in total. The van der Waals surface area contributed by atoms with Crippen molar-refractivity contribution in [2.45, 2.75) is 0 Å². The van der Waals surface area contributed by atoms with Crippen molar-refractivity contribution in [1.29, 1.82) is 0 Å². The summed E-state index contributed by atoms with van der Waals surface area (Å²) >= 11 is 0. The predicted octanol–water partition coefficient (Wildman–Crippen LogP) is 4.10. The van der Waals surface area contributed by atoms with E-state index in [2.05, 4.69) is 0 Å². The molecule has 0 bridgehead atoms. The van der Waals surface area contributed by atoms with Crippen molar-refractivity contribution in [3.05, 3.63) is 66.4 Å². The highest BCUT2D eigenvalue weighted by molar-refractivity contribution is 5.51. The third kappa shape index (κ3) is 3.38. The molecule has 0 unspecified atom stereocenters. The predicted molar refractivity (Wildman–Crippen MR) is 69.0 cm³/mol. The van der Waals surface area contributed by atoms with E-state index in [-0.39, 0.29) is 0 Å². The standard InChI is InChI=1S/C15H14O2/c1-16-11-10-13-6-5-9-15(12-13)17-14-7-3-2-4-8-14/h2-12H,1H3. The topological polar surface area (TPSA) is 18.5 Å². The molecular weight excluding hydrogens is 212 g/mol. The van der Waals surface area contributed by atoms with E-state index in [1.165, 1.54) is 0 Å². The molecule has 2 heteroatoms. The van der Waals surface area contributed by atoms with Crippen LogP contribution in [0, 0.1) is 0 Å². The first-order chi connectivity index (χ1) is 8.38. The highest BCUT2D eigenvalue weighted by Gasteiger charge is 1.96. The molecule has 0 saturated heterocycles. The van der Waals surface area contributed by atoms with Gasteiger partial charge in [0.25, 0.3) is 0 Å². The maximum Gasteiger partial charge on any atom is 0.128 e. The number of rotatable bonds is 4. The second-order valence-corrected chi connectivity index (χ2v) is 3.53. The van der Waals surface area contributed by atoms with Gasteiger partial charge in [0.15, 0.2) is 0 Å². The maximum absolute atomic E-state index is 5.72. The molecule has 0 aromatic heterocycles. The zero-order chi connectivity index (χ0) is 11.9. The van der Waals surface area contributed by atoms with Crippen LogP contribution in [-0.2, 0) is 4.74 Å². The highest BCUT2D eigenvalue weighted by Crippen LogP contribution is 2.22. The van der Waals surface area contributed by atoms with Crippen LogP contribution < -0.4 is 4.74 Å². The van der Waals surface area contributed by atoms with Crippen LogP contribution in [0.3, 0.4) is 0 Å². The average Bonchev–Trinajstić information content (AvgIpc) is 2.38. The zero-order valence-corrected chi connectivity index (χ0v) is 9.67. The molecule has 0 N–H and O–H groups in total. The van der Waals surface area contributed by atoms with Gasteiger partial charge < -0.3 is 9.47 Å². The Kier molecular flexibility index (Phi) is 3.81. The molecule has 0 amide bonds. The lowest BCUT2D eigenvalue weighted by Crippen LogP contribution is -1.84. The Bertz CT molecular complexity index is 489. The Labute approximate surface area is 101 Å². The molecule has 17 heavy (non-hydrogen) atoms. The fourth-order valence-corrected chi connectivity index (χ4v) is 1.45. The molecule has 2 aromatic carbocycles. The van der Waals surface area contributed by atoms with Crippen molar-refractivity contribution >= 4 is 6.08 Å². The number of hydrogen-bond donors (Lipinski definition) is 0. The largest absolute Gasteiger partial charge is 0.504 e. The highest BCUT2D eigenvalue weighted by atomic mass is 16.5. The molecule has 2 aromatic rings. The fraction of sp³-hybridized carbons (Fsp3) is 0.0667. The molecule has 0 saturated carbocycles. The molecule has 0 aliphatic rings. The first-order valence-electron chi connectivity index (χ1n) is 5.41. The van der Waals surface area contributed by atoms with E-state index in [0.29, 0.717) is 0 Å². The normalized spacial score (nSPS) is 10.4. The van der Waals surface area contributed by atoms with Crippen LogP contribution in [0.25, 0.3) is 6.08 Å². The van der Waals surface area contributed by atoms with Gasteiger partial charge in [0.05, 0.1) is 13.4 Å². The van der Waals surface area contributed by atoms with Crippen LogP contribution in [0.15, 0.2) is 60.9 Å². The SMILES string of the molecule is COC=Cc1cccc(Oc2ccccc2)c1. The monoisotopic (exact) mass is 226 g/mol. The minimum Gasteiger partial charge on any atom is -0.504 e. The van der Waals surface area contributed by atoms with Gasteiger partial charge in [-0.25, -0.2) is 0 Å². The number of benzene rings is 2. The summed E-state index contributed by atoms with van der Waals surface area (Å²) in [6, 6.07) is 17.6. The van der Waals surface area contributed by atoms with Crippen molar-refractivity contribution in [2.75, 3.05) is 7.11 Å². The smallest absolute Gasteiger partial charge is 0.128 e. The van der Waals surface area contributed by atoms with E-state index in [1.807, 2.05) is 60.7 Å². The van der Waals surface area contributed by atoms with Gasteiger partial charge in [0.1, 0.15) is 11.5 Å². The number of methoxy groups -OCH3 is 1. The Morgan fingerprint density at radius 2 is 1.65 bits per heavy atom. The molecular formula is C15H14O2. The summed E-state index contributed by atoms with van der Waals surface area (Å²) in [7, 11) is 1.63. The van der Waals surface area contributed by atoms with E-state index in [0.717, 1.165) is 17.1 Å². The van der Waals surface area contributed by atoms with Gasteiger partial charge in [-0.05, 0) is 35.9 Å². The fourth-order valence-electron chi connectivity index (χ4n) is 1.45. The third-order valence-electron chi connectivity index (χ3n) is 2.23. The lowest BCUT2D eigenvalue weighted by Gasteiger charge is -2.05. The Balaban J connectivity index is 2.14.